The molecular formula is C20H23ClN3OS+. The van der Waals surface area contributed by atoms with Gasteiger partial charge in [-0.05, 0) is 38.1 Å². The van der Waals surface area contributed by atoms with E-state index in [1.54, 1.807) is 16.2 Å². The van der Waals surface area contributed by atoms with Gasteiger partial charge in [-0.2, -0.15) is 0 Å². The van der Waals surface area contributed by atoms with Gasteiger partial charge in [0.25, 0.3) is 5.91 Å². The summed E-state index contributed by atoms with van der Waals surface area (Å²) < 4.78 is 1.15. The summed E-state index contributed by atoms with van der Waals surface area (Å²) in [6, 6.07) is 16.0. The second-order valence-electron chi connectivity index (χ2n) is 6.48. The molecule has 0 fully saturated rings. The number of nitrogens with two attached hydrogens (primary N) is 1. The van der Waals surface area contributed by atoms with Crippen LogP contribution in [0.25, 0.3) is 10.2 Å². The molecule has 6 heteroatoms. The molecule has 26 heavy (non-hydrogen) atoms. The highest BCUT2D eigenvalue weighted by molar-refractivity contribution is 7.18. The Labute approximate surface area is 162 Å². The zero-order valence-electron chi connectivity index (χ0n) is 15.1. The fourth-order valence-corrected chi connectivity index (χ4v) is 4.06. The van der Waals surface area contributed by atoms with E-state index in [4.69, 9.17) is 11.6 Å². The first-order valence-corrected chi connectivity index (χ1v) is 9.85. The van der Waals surface area contributed by atoms with Gasteiger partial charge in [0, 0.05) is 17.6 Å². The van der Waals surface area contributed by atoms with Crippen molar-refractivity contribution in [3.05, 3.63) is 64.1 Å². The number of aromatic nitrogens is 1. The second kappa shape index (κ2) is 8.16. The van der Waals surface area contributed by atoms with E-state index in [0.29, 0.717) is 6.54 Å². The number of para-hydroxylation sites is 1. The third-order valence-electron chi connectivity index (χ3n) is 4.66. The highest BCUT2D eigenvalue weighted by Gasteiger charge is 2.22. The zero-order chi connectivity index (χ0) is 18.7. The van der Waals surface area contributed by atoms with Gasteiger partial charge in [-0.1, -0.05) is 35.9 Å². The third-order valence-corrected chi connectivity index (χ3v) is 6.10. The molecule has 0 saturated heterocycles. The normalized spacial score (nSPS) is 13.5. The van der Waals surface area contributed by atoms with Crippen LogP contribution in [0.5, 0.6) is 0 Å². The SMILES string of the molecule is C[C@H]([NH2+]CC(=O)N(C)[C@H](C)c1nc2ccccc2s1)c1cccc(Cl)c1. The van der Waals surface area contributed by atoms with Crippen LogP contribution < -0.4 is 5.32 Å². The number of rotatable bonds is 6. The van der Waals surface area contributed by atoms with Gasteiger partial charge >= 0.3 is 0 Å². The van der Waals surface area contributed by atoms with Crippen molar-refractivity contribution in [1.29, 1.82) is 0 Å². The Morgan fingerprint density at radius 3 is 2.73 bits per heavy atom. The lowest BCUT2D eigenvalue weighted by Gasteiger charge is -2.23. The van der Waals surface area contributed by atoms with Gasteiger partial charge in [0.15, 0.2) is 6.54 Å². The molecule has 4 nitrogen and oxygen atoms in total. The smallest absolute Gasteiger partial charge is 0.278 e. The van der Waals surface area contributed by atoms with Crippen molar-refractivity contribution in [1.82, 2.24) is 9.88 Å². The Balaban J connectivity index is 1.61. The van der Waals surface area contributed by atoms with Gasteiger partial charge in [0.05, 0.1) is 16.3 Å². The maximum Gasteiger partial charge on any atom is 0.278 e. The van der Waals surface area contributed by atoms with Crippen LogP contribution in [0, 0.1) is 0 Å². The highest BCUT2D eigenvalue weighted by atomic mass is 35.5. The maximum absolute atomic E-state index is 12.6. The van der Waals surface area contributed by atoms with E-state index >= 15 is 0 Å². The van der Waals surface area contributed by atoms with Crippen LogP contribution in [0.3, 0.4) is 0 Å². The van der Waals surface area contributed by atoms with Crippen LogP contribution in [0.2, 0.25) is 5.02 Å². The molecule has 0 aliphatic carbocycles. The van der Waals surface area contributed by atoms with Gasteiger partial charge in [0.2, 0.25) is 0 Å². The van der Waals surface area contributed by atoms with E-state index in [-0.39, 0.29) is 18.0 Å². The molecule has 2 atom stereocenters. The van der Waals surface area contributed by atoms with Crippen LogP contribution >= 0.6 is 22.9 Å². The average molecular weight is 389 g/mol. The molecule has 0 aliphatic heterocycles. The minimum absolute atomic E-state index is 0.0465. The number of carbonyl (C=O) groups is 1. The Hall–Kier alpha value is -1.95. The van der Waals surface area contributed by atoms with Gasteiger partial charge in [-0.15, -0.1) is 11.3 Å². The zero-order valence-corrected chi connectivity index (χ0v) is 16.7. The van der Waals surface area contributed by atoms with Crippen LogP contribution in [0.4, 0.5) is 0 Å². The van der Waals surface area contributed by atoms with E-state index in [9.17, 15) is 4.79 Å². The van der Waals surface area contributed by atoms with Crippen molar-refractivity contribution in [3.8, 4) is 0 Å². The molecule has 0 spiro atoms. The predicted octanol–water partition coefficient (Wildman–Crippen LogP) is 3.79. The fraction of sp³-hybridized carbons (Fsp3) is 0.300. The molecule has 0 bridgehead atoms. The summed E-state index contributed by atoms with van der Waals surface area (Å²) in [5.41, 5.74) is 2.11. The van der Waals surface area contributed by atoms with Gasteiger partial charge in [0.1, 0.15) is 11.0 Å². The number of carbonyl (C=O) groups excluding carboxylic acids is 1. The molecule has 3 aromatic rings. The van der Waals surface area contributed by atoms with Crippen molar-refractivity contribution >= 4 is 39.1 Å². The minimum Gasteiger partial charge on any atom is -0.333 e. The van der Waals surface area contributed by atoms with Gasteiger partial charge < -0.3 is 10.2 Å². The van der Waals surface area contributed by atoms with E-state index in [1.165, 1.54) is 0 Å². The molecule has 1 heterocycles. The van der Waals surface area contributed by atoms with E-state index in [2.05, 4.69) is 18.0 Å². The molecule has 136 valence electrons. The van der Waals surface area contributed by atoms with E-state index in [1.807, 2.05) is 61.8 Å². The van der Waals surface area contributed by atoms with Gasteiger partial charge in [-0.25, -0.2) is 4.98 Å². The number of benzene rings is 2. The maximum atomic E-state index is 12.6. The first-order chi connectivity index (χ1) is 12.5. The summed E-state index contributed by atoms with van der Waals surface area (Å²) in [5, 5.41) is 3.72. The lowest BCUT2D eigenvalue weighted by atomic mass is 10.1. The van der Waals surface area contributed by atoms with Crippen LogP contribution in [-0.4, -0.2) is 29.4 Å². The molecule has 0 aliphatic rings. The summed E-state index contributed by atoms with van der Waals surface area (Å²) in [4.78, 5) is 19.1. The molecule has 2 N–H and O–H groups in total. The van der Waals surface area contributed by atoms with Crippen molar-refractivity contribution in [3.63, 3.8) is 0 Å². The minimum atomic E-state index is -0.0465. The standard InChI is InChI=1S/C20H22ClN3OS/c1-13(15-7-6-8-16(21)11-15)22-12-19(25)24(3)14(2)20-23-17-9-4-5-10-18(17)26-20/h4-11,13-14,22H,12H2,1-3H3/p+1/t13-,14+/m0/s1. The monoisotopic (exact) mass is 388 g/mol. The summed E-state index contributed by atoms with van der Waals surface area (Å²) in [6.45, 7) is 4.49. The first-order valence-electron chi connectivity index (χ1n) is 8.65. The van der Waals surface area contributed by atoms with Crippen LogP contribution in [0.15, 0.2) is 48.5 Å². The van der Waals surface area contributed by atoms with Crippen molar-refractivity contribution < 1.29 is 10.1 Å². The van der Waals surface area contributed by atoms with E-state index < -0.39 is 0 Å². The summed E-state index contributed by atoms with van der Waals surface area (Å²) in [5.74, 6) is 0.0886. The molecule has 0 saturated carbocycles. The molecular weight excluding hydrogens is 366 g/mol. The number of halogens is 1. The molecule has 2 aromatic carbocycles. The second-order valence-corrected chi connectivity index (χ2v) is 7.98. The van der Waals surface area contributed by atoms with Crippen molar-refractivity contribution in [2.75, 3.05) is 13.6 Å². The lowest BCUT2D eigenvalue weighted by Crippen LogP contribution is -2.87. The highest BCUT2D eigenvalue weighted by Crippen LogP contribution is 2.28. The van der Waals surface area contributed by atoms with Crippen molar-refractivity contribution in [2.45, 2.75) is 25.9 Å². The van der Waals surface area contributed by atoms with Crippen LogP contribution in [-0.2, 0) is 4.79 Å². The van der Waals surface area contributed by atoms with E-state index in [0.717, 1.165) is 25.8 Å². The topological polar surface area (TPSA) is 49.8 Å². The largest absolute Gasteiger partial charge is 0.333 e. The Bertz CT molecular complexity index is 878. The Morgan fingerprint density at radius 1 is 1.23 bits per heavy atom. The molecule has 0 unspecified atom stereocenters. The number of fused-ring (bicyclic) bond motifs is 1. The lowest BCUT2D eigenvalue weighted by molar-refractivity contribution is -0.683. The summed E-state index contributed by atoms with van der Waals surface area (Å²) in [7, 11) is 1.84. The first kappa shape index (κ1) is 18.8. The number of amides is 1. The Morgan fingerprint density at radius 2 is 2.00 bits per heavy atom. The molecule has 1 aromatic heterocycles. The van der Waals surface area contributed by atoms with Crippen LogP contribution in [0.1, 0.15) is 36.5 Å². The summed E-state index contributed by atoms with van der Waals surface area (Å²) in [6.07, 6.45) is 0. The predicted molar refractivity (Wildman–Crippen MR) is 107 cm³/mol. The summed E-state index contributed by atoms with van der Waals surface area (Å²) >= 11 is 7.69. The number of quaternary nitrogens is 1. The average Bonchev–Trinajstić information content (AvgIpc) is 3.08. The van der Waals surface area contributed by atoms with Gasteiger partial charge in [-0.3, -0.25) is 4.79 Å². The number of hydrogen-bond acceptors (Lipinski definition) is 3. The number of nitrogens with zero attached hydrogens (tertiary/aromatic N) is 2. The number of hydrogen-bond donors (Lipinski definition) is 1. The number of thiazole rings is 1. The third kappa shape index (κ3) is 4.23. The molecule has 1 amide bonds. The Kier molecular flexibility index (Phi) is 5.91. The molecule has 3 rings (SSSR count). The quantitative estimate of drug-likeness (QED) is 0.698. The fourth-order valence-electron chi connectivity index (χ4n) is 2.80. The molecule has 0 radical (unpaired) electrons. The van der Waals surface area contributed by atoms with Crippen molar-refractivity contribution in [2.24, 2.45) is 0 Å². The number of likely N-dealkylation sites (N-methyl/N-ethyl adjacent to an activating group) is 1.